The lowest BCUT2D eigenvalue weighted by Gasteiger charge is -2.37. The predicted octanol–water partition coefficient (Wildman–Crippen LogP) is 4.45. The molecule has 1 amide bonds. The highest BCUT2D eigenvalue weighted by molar-refractivity contribution is 5.79. The fourth-order valence-electron chi connectivity index (χ4n) is 4.90. The van der Waals surface area contributed by atoms with E-state index in [4.69, 9.17) is 4.98 Å². The molecule has 2 aliphatic rings. The van der Waals surface area contributed by atoms with Gasteiger partial charge >= 0.3 is 0 Å². The average molecular weight is 383 g/mol. The molecule has 28 heavy (non-hydrogen) atoms. The summed E-state index contributed by atoms with van der Waals surface area (Å²) >= 11 is 0. The minimum atomic E-state index is 0.233. The second kappa shape index (κ2) is 7.76. The number of hydrogen-bond donors (Lipinski definition) is 1. The molecule has 1 aliphatic heterocycles. The van der Waals surface area contributed by atoms with Crippen molar-refractivity contribution in [3.05, 3.63) is 24.3 Å². The molecule has 1 aromatic heterocycles. The van der Waals surface area contributed by atoms with E-state index in [0.29, 0.717) is 11.3 Å². The lowest BCUT2D eigenvalue weighted by Crippen LogP contribution is -2.41. The van der Waals surface area contributed by atoms with E-state index in [-0.39, 0.29) is 5.92 Å². The number of benzene rings is 1. The smallest absolute Gasteiger partial charge is 0.225 e. The van der Waals surface area contributed by atoms with Crippen molar-refractivity contribution in [3.8, 4) is 0 Å². The Morgan fingerprint density at radius 3 is 2.50 bits per heavy atom. The normalized spacial score (nSPS) is 24.4. The minimum Gasteiger partial charge on any atom is -0.341 e. The molecule has 0 unspecified atom stereocenters. The Kier molecular flexibility index (Phi) is 5.35. The van der Waals surface area contributed by atoms with Gasteiger partial charge in [0.2, 0.25) is 11.9 Å². The molecule has 2 fully saturated rings. The SMILES string of the molecule is CC(C)(C)C1CCC(C(=O)N2CCCN(c3nc4ccccc4[nH]3)CC2)CC1. The first kappa shape index (κ1) is 19.3. The maximum Gasteiger partial charge on any atom is 0.225 e. The zero-order valence-corrected chi connectivity index (χ0v) is 17.6. The Balaban J connectivity index is 1.35. The van der Waals surface area contributed by atoms with Crippen LogP contribution in [0.4, 0.5) is 5.95 Å². The number of aromatic amines is 1. The second-order valence-electron chi connectivity index (χ2n) is 9.66. The van der Waals surface area contributed by atoms with Crippen LogP contribution in [0.15, 0.2) is 24.3 Å². The summed E-state index contributed by atoms with van der Waals surface area (Å²) in [6.45, 7) is 10.5. The van der Waals surface area contributed by atoms with Crippen LogP contribution in [0, 0.1) is 17.3 Å². The Morgan fingerprint density at radius 2 is 1.79 bits per heavy atom. The van der Waals surface area contributed by atoms with Crippen LogP contribution in [0.2, 0.25) is 0 Å². The van der Waals surface area contributed by atoms with Crippen molar-refractivity contribution in [2.75, 3.05) is 31.1 Å². The highest BCUT2D eigenvalue weighted by Crippen LogP contribution is 2.40. The van der Waals surface area contributed by atoms with Crippen LogP contribution < -0.4 is 4.90 Å². The minimum absolute atomic E-state index is 0.233. The van der Waals surface area contributed by atoms with E-state index < -0.39 is 0 Å². The number of para-hydroxylation sites is 2. The molecule has 1 saturated heterocycles. The van der Waals surface area contributed by atoms with E-state index in [9.17, 15) is 4.79 Å². The van der Waals surface area contributed by atoms with E-state index in [0.717, 1.165) is 68.3 Å². The van der Waals surface area contributed by atoms with E-state index >= 15 is 0 Å². The van der Waals surface area contributed by atoms with Crippen LogP contribution in [-0.4, -0.2) is 47.0 Å². The molecule has 0 radical (unpaired) electrons. The molecule has 5 nitrogen and oxygen atoms in total. The number of hydrogen-bond acceptors (Lipinski definition) is 3. The third-order valence-corrected chi connectivity index (χ3v) is 6.79. The lowest BCUT2D eigenvalue weighted by atomic mass is 9.69. The van der Waals surface area contributed by atoms with Gasteiger partial charge in [-0.05, 0) is 55.6 Å². The van der Waals surface area contributed by atoms with Crippen molar-refractivity contribution in [1.82, 2.24) is 14.9 Å². The van der Waals surface area contributed by atoms with Gasteiger partial charge in [0.15, 0.2) is 0 Å². The number of aromatic nitrogens is 2. The molecule has 5 heteroatoms. The summed E-state index contributed by atoms with van der Waals surface area (Å²) in [6, 6.07) is 8.15. The first-order chi connectivity index (χ1) is 13.4. The van der Waals surface area contributed by atoms with Crippen LogP contribution in [0.25, 0.3) is 11.0 Å². The van der Waals surface area contributed by atoms with Crippen LogP contribution in [0.3, 0.4) is 0 Å². The predicted molar refractivity (Wildman–Crippen MR) is 114 cm³/mol. The van der Waals surface area contributed by atoms with Gasteiger partial charge in [-0.1, -0.05) is 32.9 Å². The van der Waals surface area contributed by atoms with E-state index in [1.807, 2.05) is 18.2 Å². The molecule has 1 aliphatic carbocycles. The van der Waals surface area contributed by atoms with Crippen molar-refractivity contribution in [1.29, 1.82) is 0 Å². The van der Waals surface area contributed by atoms with Crippen molar-refractivity contribution in [3.63, 3.8) is 0 Å². The molecular formula is C23H34N4O. The molecule has 0 bridgehead atoms. The summed E-state index contributed by atoms with van der Waals surface area (Å²) < 4.78 is 0. The summed E-state index contributed by atoms with van der Waals surface area (Å²) in [7, 11) is 0. The van der Waals surface area contributed by atoms with Gasteiger partial charge in [-0.25, -0.2) is 4.98 Å². The zero-order chi connectivity index (χ0) is 19.7. The van der Waals surface area contributed by atoms with Gasteiger partial charge in [0, 0.05) is 32.1 Å². The summed E-state index contributed by atoms with van der Waals surface area (Å²) in [5, 5.41) is 0. The van der Waals surface area contributed by atoms with Crippen LogP contribution in [0.5, 0.6) is 0 Å². The molecular weight excluding hydrogens is 348 g/mol. The van der Waals surface area contributed by atoms with Gasteiger partial charge in [0.1, 0.15) is 0 Å². The fourth-order valence-corrected chi connectivity index (χ4v) is 4.90. The summed E-state index contributed by atoms with van der Waals surface area (Å²) in [6.07, 6.45) is 5.51. The summed E-state index contributed by atoms with van der Waals surface area (Å²) in [5.41, 5.74) is 2.44. The first-order valence-electron chi connectivity index (χ1n) is 10.9. The molecule has 2 aromatic rings. The maximum atomic E-state index is 13.1. The third kappa shape index (κ3) is 4.03. The molecule has 0 atom stereocenters. The Morgan fingerprint density at radius 1 is 1.04 bits per heavy atom. The van der Waals surface area contributed by atoms with Crippen LogP contribution in [0.1, 0.15) is 52.9 Å². The highest BCUT2D eigenvalue weighted by Gasteiger charge is 2.34. The summed E-state index contributed by atoms with van der Waals surface area (Å²) in [5.74, 6) is 2.31. The van der Waals surface area contributed by atoms with Gasteiger partial charge in [0.05, 0.1) is 11.0 Å². The molecule has 1 aromatic carbocycles. The van der Waals surface area contributed by atoms with Gasteiger partial charge in [0.25, 0.3) is 0 Å². The number of anilines is 1. The second-order valence-corrected chi connectivity index (χ2v) is 9.66. The monoisotopic (exact) mass is 382 g/mol. The number of imidazole rings is 1. The van der Waals surface area contributed by atoms with Gasteiger partial charge in [-0.2, -0.15) is 0 Å². The number of nitrogens with zero attached hydrogens (tertiary/aromatic N) is 3. The van der Waals surface area contributed by atoms with Crippen molar-refractivity contribution < 1.29 is 4.79 Å². The number of carbonyl (C=O) groups is 1. The molecule has 2 heterocycles. The quantitative estimate of drug-likeness (QED) is 0.835. The number of carbonyl (C=O) groups excluding carboxylic acids is 1. The van der Waals surface area contributed by atoms with Crippen molar-refractivity contribution in [2.24, 2.45) is 17.3 Å². The van der Waals surface area contributed by atoms with Crippen molar-refractivity contribution in [2.45, 2.75) is 52.9 Å². The van der Waals surface area contributed by atoms with E-state index in [1.54, 1.807) is 0 Å². The maximum absolute atomic E-state index is 13.1. The average Bonchev–Trinajstić information content (AvgIpc) is 2.96. The van der Waals surface area contributed by atoms with Gasteiger partial charge in [-0.15, -0.1) is 0 Å². The van der Waals surface area contributed by atoms with E-state index in [1.165, 1.54) is 12.8 Å². The largest absolute Gasteiger partial charge is 0.341 e. The van der Waals surface area contributed by atoms with Crippen LogP contribution >= 0.6 is 0 Å². The van der Waals surface area contributed by atoms with Crippen molar-refractivity contribution >= 4 is 22.9 Å². The Hall–Kier alpha value is -2.04. The summed E-state index contributed by atoms with van der Waals surface area (Å²) in [4.78, 5) is 25.7. The van der Waals surface area contributed by atoms with Crippen LogP contribution in [-0.2, 0) is 4.79 Å². The topological polar surface area (TPSA) is 52.2 Å². The number of H-pyrrole nitrogens is 1. The fraction of sp³-hybridized carbons (Fsp3) is 0.652. The molecule has 4 rings (SSSR count). The zero-order valence-electron chi connectivity index (χ0n) is 17.6. The van der Waals surface area contributed by atoms with Gasteiger partial charge < -0.3 is 14.8 Å². The number of fused-ring (bicyclic) bond motifs is 1. The number of nitrogens with one attached hydrogen (secondary N) is 1. The van der Waals surface area contributed by atoms with Gasteiger partial charge in [-0.3, -0.25) is 4.79 Å². The standard InChI is InChI=1S/C23H34N4O/c1-23(2,3)18-11-9-17(10-12-18)21(28)26-13-6-14-27(16-15-26)22-24-19-7-4-5-8-20(19)25-22/h4-5,7-8,17-18H,6,9-16H2,1-3H3,(H,24,25). The lowest BCUT2D eigenvalue weighted by molar-refractivity contribution is -0.137. The third-order valence-electron chi connectivity index (χ3n) is 6.79. The first-order valence-corrected chi connectivity index (χ1v) is 10.9. The molecule has 1 N–H and O–H groups in total. The molecule has 0 spiro atoms. The molecule has 1 saturated carbocycles. The molecule has 152 valence electrons. The Bertz CT molecular complexity index is 780. The number of rotatable bonds is 2. The highest BCUT2D eigenvalue weighted by atomic mass is 16.2. The van der Waals surface area contributed by atoms with E-state index in [2.05, 4.69) is 41.6 Å². The number of amides is 1. The Labute approximate surface area is 168 Å².